The molecular weight excluding hydrogens is 424 g/mol. The van der Waals surface area contributed by atoms with Gasteiger partial charge >= 0.3 is 5.97 Å². The van der Waals surface area contributed by atoms with Crippen LogP contribution in [0, 0.1) is 0 Å². The summed E-state index contributed by atoms with van der Waals surface area (Å²) in [5.41, 5.74) is 2.03. The van der Waals surface area contributed by atoms with E-state index in [2.05, 4.69) is 27.6 Å². The molecule has 144 valence electrons. The van der Waals surface area contributed by atoms with Crippen LogP contribution in [0.2, 0.25) is 0 Å². The molecule has 0 spiro atoms. The predicted octanol–water partition coefficient (Wildman–Crippen LogP) is 4.34. The number of hydrogen-bond acceptors (Lipinski definition) is 5. The Morgan fingerprint density at radius 1 is 1.29 bits per heavy atom. The summed E-state index contributed by atoms with van der Waals surface area (Å²) in [5.74, 6) is -0.0857. The van der Waals surface area contributed by atoms with Crippen LogP contribution in [0.1, 0.15) is 36.8 Å². The third-order valence-corrected chi connectivity index (χ3v) is 4.53. The van der Waals surface area contributed by atoms with Crippen molar-refractivity contribution in [3.05, 3.63) is 76.3 Å². The molecule has 1 aliphatic rings. The summed E-state index contributed by atoms with van der Waals surface area (Å²) in [4.78, 5) is 23.9. The highest BCUT2D eigenvalue weighted by Crippen LogP contribution is 2.38. The Bertz CT molecular complexity index is 971. The van der Waals surface area contributed by atoms with Crippen LogP contribution in [-0.2, 0) is 20.7 Å². The minimum atomic E-state index is -0.842. The zero-order valence-electron chi connectivity index (χ0n) is 15.5. The van der Waals surface area contributed by atoms with E-state index in [1.807, 2.05) is 36.4 Å². The molecule has 1 aliphatic heterocycles. The fourth-order valence-corrected chi connectivity index (χ4v) is 3.29. The molecule has 3 rings (SSSR count). The first-order valence-electron chi connectivity index (χ1n) is 8.62. The second-order valence-electron chi connectivity index (χ2n) is 6.17. The summed E-state index contributed by atoms with van der Waals surface area (Å²) in [7, 11) is 0. The molecule has 0 radical (unpaired) electrons. The van der Waals surface area contributed by atoms with Crippen LogP contribution < -0.4 is 4.74 Å². The van der Waals surface area contributed by atoms with Gasteiger partial charge in [-0.2, -0.15) is 5.01 Å². The van der Waals surface area contributed by atoms with Crippen molar-refractivity contribution in [1.29, 1.82) is 0 Å². The maximum Gasteiger partial charge on any atom is 0.308 e. The zero-order valence-corrected chi connectivity index (χ0v) is 17.1. The van der Waals surface area contributed by atoms with Gasteiger partial charge in [0.05, 0.1) is 5.56 Å². The number of para-hydroxylation sites is 1. The van der Waals surface area contributed by atoms with E-state index in [0.29, 0.717) is 23.6 Å². The van der Waals surface area contributed by atoms with E-state index in [1.54, 1.807) is 12.1 Å². The van der Waals surface area contributed by atoms with Gasteiger partial charge in [-0.05, 0) is 36.2 Å². The SMILES string of the molecule is C=CCc1cccc([C@@H]2OC(c3cccc(Br)c3)=NN2C(C)=O)c1OC(C)=O. The molecular formula is C21H19BrN2O4. The van der Waals surface area contributed by atoms with E-state index in [4.69, 9.17) is 9.47 Å². The van der Waals surface area contributed by atoms with Gasteiger partial charge in [-0.1, -0.05) is 40.2 Å². The van der Waals surface area contributed by atoms with Crippen molar-refractivity contribution >= 4 is 33.7 Å². The number of allylic oxidation sites excluding steroid dienone is 1. The molecule has 0 unspecified atom stereocenters. The number of esters is 1. The topological polar surface area (TPSA) is 68.2 Å². The molecule has 7 heteroatoms. The molecule has 0 aliphatic carbocycles. The number of halogens is 1. The van der Waals surface area contributed by atoms with Gasteiger partial charge in [-0.25, -0.2) is 0 Å². The number of hydrazone groups is 1. The second-order valence-corrected chi connectivity index (χ2v) is 7.09. The van der Waals surface area contributed by atoms with Crippen LogP contribution in [0.4, 0.5) is 0 Å². The Balaban J connectivity index is 2.05. The van der Waals surface area contributed by atoms with Crippen LogP contribution >= 0.6 is 15.9 Å². The van der Waals surface area contributed by atoms with E-state index in [0.717, 1.165) is 15.6 Å². The van der Waals surface area contributed by atoms with Crippen molar-refractivity contribution in [2.45, 2.75) is 26.5 Å². The molecule has 28 heavy (non-hydrogen) atoms. The first-order chi connectivity index (χ1) is 13.4. The first kappa shape index (κ1) is 19.8. The Labute approximate surface area is 171 Å². The lowest BCUT2D eigenvalue weighted by molar-refractivity contribution is -0.135. The quantitative estimate of drug-likeness (QED) is 0.392. The van der Waals surface area contributed by atoms with Crippen molar-refractivity contribution in [3.8, 4) is 5.75 Å². The Morgan fingerprint density at radius 3 is 2.68 bits per heavy atom. The van der Waals surface area contributed by atoms with Crippen LogP contribution in [0.25, 0.3) is 0 Å². The standard InChI is InChI=1S/C21H19BrN2O4/c1-4-7-15-8-6-11-18(19(15)27-14(3)26)21-24(13(2)25)23-20(28-21)16-9-5-10-17(22)12-16/h4-6,8-12,21H,1,7H2,2-3H3/t21-/m0/s1. The largest absolute Gasteiger partial charge is 0.446 e. The van der Waals surface area contributed by atoms with Crippen molar-refractivity contribution in [2.24, 2.45) is 5.10 Å². The summed E-state index contributed by atoms with van der Waals surface area (Å²) in [6, 6.07) is 12.8. The molecule has 0 N–H and O–H groups in total. The Kier molecular flexibility index (Phi) is 5.94. The molecule has 0 bridgehead atoms. The van der Waals surface area contributed by atoms with Gasteiger partial charge in [0, 0.05) is 23.9 Å². The van der Waals surface area contributed by atoms with Gasteiger partial charge in [0.2, 0.25) is 18.0 Å². The predicted molar refractivity (Wildman–Crippen MR) is 109 cm³/mol. The number of ether oxygens (including phenoxy) is 2. The third kappa shape index (κ3) is 4.14. The number of carbonyl (C=O) groups excluding carboxylic acids is 2. The van der Waals surface area contributed by atoms with E-state index in [1.165, 1.54) is 18.9 Å². The molecule has 0 saturated carbocycles. The molecule has 0 saturated heterocycles. The first-order valence-corrected chi connectivity index (χ1v) is 9.42. The normalized spacial score (nSPS) is 15.6. The van der Waals surface area contributed by atoms with Gasteiger partial charge in [-0.15, -0.1) is 11.7 Å². The maximum atomic E-state index is 12.2. The van der Waals surface area contributed by atoms with Gasteiger partial charge < -0.3 is 9.47 Å². The lowest BCUT2D eigenvalue weighted by Crippen LogP contribution is -2.26. The molecule has 2 aromatic carbocycles. The summed E-state index contributed by atoms with van der Waals surface area (Å²) in [5, 5.41) is 5.60. The van der Waals surface area contributed by atoms with Crippen molar-refractivity contribution < 1.29 is 19.1 Å². The molecule has 0 fully saturated rings. The number of hydrogen-bond donors (Lipinski definition) is 0. The average Bonchev–Trinajstić information content (AvgIpc) is 3.08. The maximum absolute atomic E-state index is 12.2. The molecule has 1 amide bonds. The monoisotopic (exact) mass is 442 g/mol. The molecule has 2 aromatic rings. The lowest BCUT2D eigenvalue weighted by atomic mass is 10.0. The zero-order chi connectivity index (χ0) is 20.3. The van der Waals surface area contributed by atoms with Crippen molar-refractivity contribution in [2.75, 3.05) is 0 Å². The highest BCUT2D eigenvalue weighted by atomic mass is 79.9. The van der Waals surface area contributed by atoms with Crippen LogP contribution in [0.3, 0.4) is 0 Å². The van der Waals surface area contributed by atoms with Gasteiger partial charge in [-0.3, -0.25) is 9.59 Å². The molecule has 1 heterocycles. The van der Waals surface area contributed by atoms with Gasteiger partial charge in [0.25, 0.3) is 0 Å². The molecule has 6 nitrogen and oxygen atoms in total. The fourth-order valence-electron chi connectivity index (χ4n) is 2.89. The van der Waals surface area contributed by atoms with E-state index in [9.17, 15) is 9.59 Å². The van der Waals surface area contributed by atoms with Crippen LogP contribution in [-0.4, -0.2) is 22.8 Å². The van der Waals surface area contributed by atoms with E-state index in [-0.39, 0.29) is 5.91 Å². The summed E-state index contributed by atoms with van der Waals surface area (Å²) in [6.45, 7) is 6.48. The summed E-state index contributed by atoms with van der Waals surface area (Å²) >= 11 is 3.42. The highest BCUT2D eigenvalue weighted by molar-refractivity contribution is 9.10. The number of carbonyl (C=O) groups is 2. The van der Waals surface area contributed by atoms with Gasteiger partial charge in [0.1, 0.15) is 5.75 Å². The Morgan fingerprint density at radius 2 is 2.04 bits per heavy atom. The minimum Gasteiger partial charge on any atom is -0.446 e. The van der Waals surface area contributed by atoms with Gasteiger partial charge in [0.15, 0.2) is 0 Å². The summed E-state index contributed by atoms with van der Waals surface area (Å²) < 4.78 is 12.4. The second kappa shape index (κ2) is 8.39. The number of rotatable bonds is 5. The van der Waals surface area contributed by atoms with E-state index >= 15 is 0 Å². The fraction of sp³-hybridized carbons (Fsp3) is 0.190. The average molecular weight is 443 g/mol. The number of amides is 1. The van der Waals surface area contributed by atoms with Crippen LogP contribution in [0.5, 0.6) is 5.75 Å². The minimum absolute atomic E-state index is 0.294. The number of nitrogens with zero attached hydrogens (tertiary/aromatic N) is 2. The van der Waals surface area contributed by atoms with Crippen molar-refractivity contribution in [1.82, 2.24) is 5.01 Å². The van der Waals surface area contributed by atoms with Crippen molar-refractivity contribution in [3.63, 3.8) is 0 Å². The highest BCUT2D eigenvalue weighted by Gasteiger charge is 2.36. The smallest absolute Gasteiger partial charge is 0.308 e. The number of benzene rings is 2. The Hall–Kier alpha value is -2.93. The summed E-state index contributed by atoms with van der Waals surface area (Å²) in [6.07, 6.45) is 1.38. The van der Waals surface area contributed by atoms with E-state index < -0.39 is 12.2 Å². The molecule has 0 aromatic heterocycles. The third-order valence-electron chi connectivity index (χ3n) is 4.04. The lowest BCUT2D eigenvalue weighted by Gasteiger charge is -2.22. The van der Waals surface area contributed by atoms with Crippen LogP contribution in [0.15, 0.2) is 64.7 Å². The molecule has 1 atom stereocenters.